The summed E-state index contributed by atoms with van der Waals surface area (Å²) in [5, 5.41) is 9.42. The molecule has 2 nitrogen and oxygen atoms in total. The van der Waals surface area contributed by atoms with Gasteiger partial charge >= 0.3 is 0 Å². The third-order valence-electron chi connectivity index (χ3n) is 2.70. The van der Waals surface area contributed by atoms with Crippen molar-refractivity contribution in [3.8, 4) is 5.75 Å². The molecule has 2 rings (SSSR count). The fourth-order valence-corrected chi connectivity index (χ4v) is 2.33. The summed E-state index contributed by atoms with van der Waals surface area (Å²) in [4.78, 5) is 1.18. The Morgan fingerprint density at radius 1 is 1.50 bits per heavy atom. The first-order valence-electron chi connectivity index (χ1n) is 4.85. The number of benzene rings is 1. The lowest BCUT2D eigenvalue weighted by Crippen LogP contribution is -2.13. The van der Waals surface area contributed by atoms with Crippen LogP contribution in [0.15, 0.2) is 23.1 Å². The molecule has 1 saturated carbocycles. The molecular formula is C11H15NOS. The molecule has 1 fully saturated rings. The molecule has 1 aromatic rings. The lowest BCUT2D eigenvalue weighted by Gasteiger charge is -2.14. The zero-order valence-electron chi connectivity index (χ0n) is 8.23. The summed E-state index contributed by atoms with van der Waals surface area (Å²) in [7, 11) is 0. The lowest BCUT2D eigenvalue weighted by atomic mass is 10.0. The molecule has 14 heavy (non-hydrogen) atoms. The number of hydrogen-bond donors (Lipinski definition) is 2. The van der Waals surface area contributed by atoms with Gasteiger partial charge in [-0.2, -0.15) is 0 Å². The van der Waals surface area contributed by atoms with E-state index < -0.39 is 0 Å². The van der Waals surface area contributed by atoms with Gasteiger partial charge in [0.15, 0.2) is 0 Å². The minimum atomic E-state index is 0.101. The third-order valence-corrected chi connectivity index (χ3v) is 3.51. The summed E-state index contributed by atoms with van der Waals surface area (Å²) < 4.78 is 0. The molecule has 1 aliphatic rings. The van der Waals surface area contributed by atoms with Crippen LogP contribution in [0.5, 0.6) is 5.75 Å². The van der Waals surface area contributed by atoms with Crippen molar-refractivity contribution >= 4 is 11.8 Å². The quantitative estimate of drug-likeness (QED) is 0.752. The van der Waals surface area contributed by atoms with Crippen LogP contribution in [-0.4, -0.2) is 11.4 Å². The molecule has 0 bridgehead atoms. The molecule has 0 aliphatic heterocycles. The number of thioether (sulfide) groups is 1. The van der Waals surface area contributed by atoms with E-state index in [4.69, 9.17) is 5.73 Å². The molecule has 0 radical (unpaired) electrons. The number of rotatable bonds is 3. The van der Waals surface area contributed by atoms with Gasteiger partial charge in [0.05, 0.1) is 0 Å². The Morgan fingerprint density at radius 2 is 2.21 bits per heavy atom. The largest absolute Gasteiger partial charge is 0.508 e. The normalized spacial score (nSPS) is 18.1. The van der Waals surface area contributed by atoms with E-state index in [-0.39, 0.29) is 6.04 Å². The van der Waals surface area contributed by atoms with Crippen molar-refractivity contribution in [2.45, 2.75) is 23.8 Å². The van der Waals surface area contributed by atoms with Crippen LogP contribution in [0, 0.1) is 5.92 Å². The van der Waals surface area contributed by atoms with Crippen LogP contribution in [0.4, 0.5) is 0 Å². The number of hydrogen-bond acceptors (Lipinski definition) is 3. The minimum absolute atomic E-state index is 0.101. The fourth-order valence-electron chi connectivity index (χ4n) is 1.69. The molecule has 76 valence electrons. The van der Waals surface area contributed by atoms with Crippen LogP contribution >= 0.6 is 11.8 Å². The summed E-state index contributed by atoms with van der Waals surface area (Å²) in [5.41, 5.74) is 7.22. The molecule has 1 aliphatic carbocycles. The van der Waals surface area contributed by atoms with E-state index in [9.17, 15) is 5.11 Å². The Morgan fingerprint density at radius 3 is 2.79 bits per heavy atom. The number of phenols is 1. The zero-order valence-corrected chi connectivity index (χ0v) is 9.05. The van der Waals surface area contributed by atoms with Crippen LogP contribution in [0.2, 0.25) is 0 Å². The molecule has 0 unspecified atom stereocenters. The van der Waals surface area contributed by atoms with E-state index in [1.165, 1.54) is 17.7 Å². The number of aromatic hydroxyl groups is 1. The van der Waals surface area contributed by atoms with Crippen LogP contribution < -0.4 is 5.73 Å². The average molecular weight is 209 g/mol. The van der Waals surface area contributed by atoms with Gasteiger partial charge in [0.1, 0.15) is 5.75 Å². The van der Waals surface area contributed by atoms with Gasteiger partial charge in [0.25, 0.3) is 0 Å². The van der Waals surface area contributed by atoms with E-state index in [1.54, 1.807) is 23.9 Å². The van der Waals surface area contributed by atoms with Gasteiger partial charge in [0, 0.05) is 10.9 Å². The fraction of sp³-hybridized carbons (Fsp3) is 0.455. The molecule has 0 aromatic heterocycles. The topological polar surface area (TPSA) is 46.2 Å². The highest BCUT2D eigenvalue weighted by Crippen LogP contribution is 2.42. The van der Waals surface area contributed by atoms with Gasteiger partial charge in [-0.15, -0.1) is 11.8 Å². The predicted molar refractivity (Wildman–Crippen MR) is 59.5 cm³/mol. The van der Waals surface area contributed by atoms with Crippen molar-refractivity contribution in [1.29, 1.82) is 0 Å². The minimum Gasteiger partial charge on any atom is -0.508 e. The second kappa shape index (κ2) is 3.83. The van der Waals surface area contributed by atoms with E-state index >= 15 is 0 Å². The highest BCUT2D eigenvalue weighted by atomic mass is 32.2. The maximum Gasteiger partial charge on any atom is 0.115 e. The van der Waals surface area contributed by atoms with Crippen molar-refractivity contribution in [2.75, 3.05) is 6.26 Å². The summed E-state index contributed by atoms with van der Waals surface area (Å²) in [6.45, 7) is 0. The molecule has 3 heteroatoms. The Kier molecular flexibility index (Phi) is 2.70. The van der Waals surface area contributed by atoms with Gasteiger partial charge in [-0.1, -0.05) is 0 Å². The molecule has 0 heterocycles. The first-order chi connectivity index (χ1) is 6.72. The van der Waals surface area contributed by atoms with E-state index in [0.717, 1.165) is 5.56 Å². The number of nitrogens with two attached hydrogens (primary N) is 1. The average Bonchev–Trinajstić information content (AvgIpc) is 3.00. The van der Waals surface area contributed by atoms with Crippen molar-refractivity contribution in [1.82, 2.24) is 0 Å². The summed E-state index contributed by atoms with van der Waals surface area (Å²) in [6.07, 6.45) is 4.49. The van der Waals surface area contributed by atoms with E-state index in [2.05, 4.69) is 0 Å². The molecule has 0 saturated heterocycles. The molecule has 0 spiro atoms. The molecule has 1 atom stereocenters. The predicted octanol–water partition coefficient (Wildman–Crippen LogP) is 2.52. The SMILES string of the molecule is CSc1ccc(O)cc1[C@@H](N)C1CC1. The Labute approximate surface area is 88.5 Å². The Bertz CT molecular complexity index is 336. The maximum atomic E-state index is 9.42. The first kappa shape index (κ1) is 9.87. The standard InChI is InChI=1S/C11H15NOS/c1-14-10-5-4-8(13)6-9(10)11(12)7-2-3-7/h4-7,11,13H,2-3,12H2,1H3/t11-/m0/s1. The van der Waals surface area contributed by atoms with Crippen LogP contribution in [0.25, 0.3) is 0 Å². The molecule has 1 aromatic carbocycles. The Balaban J connectivity index is 2.32. The highest BCUT2D eigenvalue weighted by molar-refractivity contribution is 7.98. The van der Waals surface area contributed by atoms with Crippen molar-refractivity contribution < 1.29 is 5.11 Å². The lowest BCUT2D eigenvalue weighted by molar-refractivity contribution is 0.472. The van der Waals surface area contributed by atoms with Crippen LogP contribution in [-0.2, 0) is 0 Å². The summed E-state index contributed by atoms with van der Waals surface area (Å²) in [6, 6.07) is 5.56. The molecule has 0 amide bonds. The zero-order chi connectivity index (χ0) is 10.1. The van der Waals surface area contributed by atoms with Crippen LogP contribution in [0.1, 0.15) is 24.4 Å². The molecular weight excluding hydrogens is 194 g/mol. The van der Waals surface area contributed by atoms with E-state index in [1.807, 2.05) is 12.3 Å². The van der Waals surface area contributed by atoms with Gasteiger partial charge < -0.3 is 10.8 Å². The maximum absolute atomic E-state index is 9.42. The smallest absolute Gasteiger partial charge is 0.115 e. The third kappa shape index (κ3) is 1.88. The molecule has 3 N–H and O–H groups in total. The summed E-state index contributed by atoms with van der Waals surface area (Å²) in [5.74, 6) is 0.941. The van der Waals surface area contributed by atoms with Crippen molar-refractivity contribution in [3.63, 3.8) is 0 Å². The van der Waals surface area contributed by atoms with Crippen molar-refractivity contribution in [2.24, 2.45) is 11.7 Å². The monoisotopic (exact) mass is 209 g/mol. The van der Waals surface area contributed by atoms with Gasteiger partial charge in [-0.25, -0.2) is 0 Å². The number of phenolic OH excluding ortho intramolecular Hbond substituents is 1. The second-order valence-electron chi connectivity index (χ2n) is 3.79. The highest BCUT2D eigenvalue weighted by Gasteiger charge is 2.30. The van der Waals surface area contributed by atoms with Crippen LogP contribution in [0.3, 0.4) is 0 Å². The van der Waals surface area contributed by atoms with Crippen molar-refractivity contribution in [3.05, 3.63) is 23.8 Å². The van der Waals surface area contributed by atoms with E-state index in [0.29, 0.717) is 11.7 Å². The van der Waals surface area contributed by atoms with Gasteiger partial charge in [-0.05, 0) is 48.8 Å². The summed E-state index contributed by atoms with van der Waals surface area (Å²) >= 11 is 1.69. The van der Waals surface area contributed by atoms with Gasteiger partial charge in [0.2, 0.25) is 0 Å². The Hall–Kier alpha value is -0.670. The first-order valence-corrected chi connectivity index (χ1v) is 6.07. The van der Waals surface area contributed by atoms with Gasteiger partial charge in [-0.3, -0.25) is 0 Å². The second-order valence-corrected chi connectivity index (χ2v) is 4.64.